The first kappa shape index (κ1) is 15.4. The Morgan fingerprint density at radius 2 is 2.04 bits per heavy atom. The van der Waals surface area contributed by atoms with Gasteiger partial charge < -0.3 is 14.2 Å². The van der Waals surface area contributed by atoms with Gasteiger partial charge in [0.15, 0.2) is 0 Å². The molecule has 0 spiro atoms. The molecule has 25 heavy (non-hydrogen) atoms. The van der Waals surface area contributed by atoms with Crippen LogP contribution in [0.4, 0.5) is 0 Å². The first-order valence-corrected chi connectivity index (χ1v) is 7.91. The van der Waals surface area contributed by atoms with Gasteiger partial charge in [0.25, 0.3) is 5.91 Å². The Kier molecular flexibility index (Phi) is 3.72. The summed E-state index contributed by atoms with van der Waals surface area (Å²) in [6.07, 6.45) is 1.66. The summed E-state index contributed by atoms with van der Waals surface area (Å²) in [5, 5.41) is 8.14. The fraction of sp³-hybridized carbons (Fsp3) is 0.294. The number of aromatic nitrogens is 4. The van der Waals surface area contributed by atoms with Crippen LogP contribution in [-0.4, -0.2) is 50.9 Å². The summed E-state index contributed by atoms with van der Waals surface area (Å²) in [5.74, 6) is 1.40. The quantitative estimate of drug-likeness (QED) is 0.719. The number of methoxy groups -OCH3 is 1. The van der Waals surface area contributed by atoms with E-state index in [2.05, 4.69) is 15.2 Å². The number of carbonyl (C=O) groups excluding carboxylic acids is 1. The molecule has 128 valence electrons. The second kappa shape index (κ2) is 6.04. The number of hydrogen-bond acceptors (Lipinski definition) is 6. The van der Waals surface area contributed by atoms with Crippen LogP contribution in [0, 0.1) is 0 Å². The van der Waals surface area contributed by atoms with Crippen LogP contribution in [0.1, 0.15) is 22.2 Å². The number of nitrogens with zero attached hydrogens (tertiary/aromatic N) is 5. The predicted octanol–water partition coefficient (Wildman–Crippen LogP) is 1.72. The van der Waals surface area contributed by atoms with Crippen LogP contribution in [0.2, 0.25) is 0 Å². The van der Waals surface area contributed by atoms with Crippen molar-refractivity contribution >= 4 is 5.91 Å². The standard InChI is InChI=1S/C17H17N5O3/c1-21-10-13(16(19-21)24-2)17(23)22-8-12(9-22)15-18-14(20-25-15)11-6-4-3-5-7-11/h3-7,10,12H,8-9H2,1-2H3. The van der Waals surface area contributed by atoms with Crippen LogP contribution >= 0.6 is 0 Å². The first-order chi connectivity index (χ1) is 12.2. The Hall–Kier alpha value is -3.16. The van der Waals surface area contributed by atoms with Gasteiger partial charge in [0.05, 0.1) is 13.0 Å². The van der Waals surface area contributed by atoms with Crippen molar-refractivity contribution < 1.29 is 14.1 Å². The van der Waals surface area contributed by atoms with Crippen LogP contribution in [0.3, 0.4) is 0 Å². The number of amides is 1. The maximum Gasteiger partial charge on any atom is 0.261 e. The molecule has 0 saturated carbocycles. The van der Waals surface area contributed by atoms with Gasteiger partial charge in [0, 0.05) is 31.9 Å². The summed E-state index contributed by atoms with van der Waals surface area (Å²) < 4.78 is 12.1. The normalized spacial score (nSPS) is 14.4. The molecular formula is C17H17N5O3. The molecule has 0 aliphatic carbocycles. The summed E-state index contributed by atoms with van der Waals surface area (Å²) in [6.45, 7) is 1.07. The second-order valence-corrected chi connectivity index (χ2v) is 5.96. The molecule has 4 rings (SSSR count). The maximum atomic E-state index is 12.5. The van der Waals surface area contributed by atoms with Gasteiger partial charge in [-0.05, 0) is 0 Å². The number of carbonyl (C=O) groups is 1. The Balaban J connectivity index is 1.44. The van der Waals surface area contributed by atoms with Gasteiger partial charge in [-0.15, -0.1) is 5.10 Å². The van der Waals surface area contributed by atoms with Crippen LogP contribution in [-0.2, 0) is 7.05 Å². The predicted molar refractivity (Wildman–Crippen MR) is 88.1 cm³/mol. The van der Waals surface area contributed by atoms with Gasteiger partial charge >= 0.3 is 0 Å². The number of aryl methyl sites for hydroxylation is 1. The van der Waals surface area contributed by atoms with Gasteiger partial charge in [-0.3, -0.25) is 9.48 Å². The van der Waals surface area contributed by atoms with Crippen molar-refractivity contribution in [3.63, 3.8) is 0 Å². The second-order valence-electron chi connectivity index (χ2n) is 5.96. The number of likely N-dealkylation sites (tertiary alicyclic amines) is 1. The smallest absolute Gasteiger partial charge is 0.261 e. The Morgan fingerprint density at radius 3 is 2.76 bits per heavy atom. The minimum Gasteiger partial charge on any atom is -0.479 e. The zero-order valence-electron chi connectivity index (χ0n) is 13.9. The summed E-state index contributed by atoms with van der Waals surface area (Å²) in [6, 6.07) is 9.65. The zero-order valence-corrected chi connectivity index (χ0v) is 13.9. The van der Waals surface area contributed by atoms with Crippen molar-refractivity contribution in [2.45, 2.75) is 5.92 Å². The average molecular weight is 339 g/mol. The highest BCUT2D eigenvalue weighted by Crippen LogP contribution is 2.30. The van der Waals surface area contributed by atoms with Crippen molar-refractivity contribution in [1.29, 1.82) is 0 Å². The molecule has 1 saturated heterocycles. The lowest BCUT2D eigenvalue weighted by Gasteiger charge is -2.36. The van der Waals surface area contributed by atoms with E-state index < -0.39 is 0 Å². The lowest BCUT2D eigenvalue weighted by Crippen LogP contribution is -2.48. The molecule has 2 aromatic heterocycles. The molecule has 8 nitrogen and oxygen atoms in total. The van der Waals surface area contributed by atoms with Gasteiger partial charge in [-0.2, -0.15) is 4.98 Å². The Bertz CT molecular complexity index is 896. The third-order valence-corrected chi connectivity index (χ3v) is 4.21. The fourth-order valence-electron chi connectivity index (χ4n) is 2.84. The summed E-state index contributed by atoms with van der Waals surface area (Å²) >= 11 is 0. The van der Waals surface area contributed by atoms with Crippen molar-refractivity contribution in [2.75, 3.05) is 20.2 Å². The van der Waals surface area contributed by atoms with Crippen LogP contribution in [0.5, 0.6) is 5.88 Å². The molecule has 1 aromatic carbocycles. The number of rotatable bonds is 4. The SMILES string of the molecule is COc1nn(C)cc1C(=O)N1CC(c2nc(-c3ccccc3)no2)C1. The van der Waals surface area contributed by atoms with E-state index in [0.29, 0.717) is 36.2 Å². The molecule has 0 atom stereocenters. The van der Waals surface area contributed by atoms with E-state index in [1.807, 2.05) is 30.3 Å². The number of hydrogen-bond donors (Lipinski definition) is 0. The number of ether oxygens (including phenoxy) is 1. The highest BCUT2D eigenvalue weighted by Gasteiger charge is 2.37. The summed E-state index contributed by atoms with van der Waals surface area (Å²) in [5.41, 5.74) is 1.36. The number of benzene rings is 1. The minimum absolute atomic E-state index is 0.0524. The monoisotopic (exact) mass is 339 g/mol. The van der Waals surface area contributed by atoms with Crippen molar-refractivity contribution in [1.82, 2.24) is 24.8 Å². The van der Waals surface area contributed by atoms with E-state index in [1.54, 1.807) is 22.8 Å². The van der Waals surface area contributed by atoms with Crippen molar-refractivity contribution in [3.8, 4) is 17.3 Å². The van der Waals surface area contributed by atoms with Gasteiger partial charge in [-0.25, -0.2) is 0 Å². The topological polar surface area (TPSA) is 86.3 Å². The zero-order chi connectivity index (χ0) is 17.4. The largest absolute Gasteiger partial charge is 0.479 e. The van der Waals surface area contributed by atoms with Crippen LogP contribution in [0.25, 0.3) is 11.4 Å². The molecule has 3 aromatic rings. The van der Waals surface area contributed by atoms with E-state index in [0.717, 1.165) is 5.56 Å². The van der Waals surface area contributed by atoms with E-state index >= 15 is 0 Å². The van der Waals surface area contributed by atoms with Crippen LogP contribution in [0.15, 0.2) is 41.1 Å². The Labute approximate surface area is 144 Å². The molecule has 1 aliphatic heterocycles. The van der Waals surface area contributed by atoms with Crippen molar-refractivity contribution in [2.24, 2.45) is 7.05 Å². The molecule has 3 heterocycles. The van der Waals surface area contributed by atoms with Gasteiger partial charge in [0.2, 0.25) is 17.6 Å². The minimum atomic E-state index is -0.107. The Morgan fingerprint density at radius 1 is 1.28 bits per heavy atom. The highest BCUT2D eigenvalue weighted by atomic mass is 16.5. The van der Waals surface area contributed by atoms with Crippen molar-refractivity contribution in [3.05, 3.63) is 48.0 Å². The molecule has 1 amide bonds. The fourth-order valence-corrected chi connectivity index (χ4v) is 2.84. The van der Waals surface area contributed by atoms with Gasteiger partial charge in [-0.1, -0.05) is 35.5 Å². The lowest BCUT2D eigenvalue weighted by molar-refractivity contribution is 0.0566. The molecule has 0 bridgehead atoms. The molecule has 8 heteroatoms. The summed E-state index contributed by atoms with van der Waals surface area (Å²) in [7, 11) is 3.25. The molecule has 0 unspecified atom stereocenters. The molecule has 1 fully saturated rings. The maximum absolute atomic E-state index is 12.5. The van der Waals surface area contributed by atoms with E-state index in [1.165, 1.54) is 7.11 Å². The molecule has 0 N–H and O–H groups in total. The van der Waals surface area contributed by atoms with E-state index in [-0.39, 0.29) is 11.8 Å². The third-order valence-electron chi connectivity index (χ3n) is 4.21. The van der Waals surface area contributed by atoms with E-state index in [4.69, 9.17) is 9.26 Å². The first-order valence-electron chi connectivity index (χ1n) is 7.91. The van der Waals surface area contributed by atoms with E-state index in [9.17, 15) is 4.79 Å². The molecular weight excluding hydrogens is 322 g/mol. The highest BCUT2D eigenvalue weighted by molar-refractivity contribution is 5.96. The molecule has 0 radical (unpaired) electrons. The van der Waals surface area contributed by atoms with Crippen LogP contribution < -0.4 is 4.74 Å². The molecule has 1 aliphatic rings. The summed E-state index contributed by atoms with van der Waals surface area (Å²) in [4.78, 5) is 18.7. The van der Waals surface area contributed by atoms with Gasteiger partial charge in [0.1, 0.15) is 5.56 Å². The third kappa shape index (κ3) is 2.75. The average Bonchev–Trinajstić information content (AvgIpc) is 3.21. The lowest BCUT2D eigenvalue weighted by atomic mass is 9.99.